The van der Waals surface area contributed by atoms with E-state index in [0.29, 0.717) is 57.0 Å². The zero-order valence-electron chi connectivity index (χ0n) is 25.3. The number of hydrogen-bond acceptors (Lipinski definition) is 10. The Morgan fingerprint density at radius 1 is 1.14 bits per heavy atom. The number of ether oxygens (including phenoxy) is 3. The lowest BCUT2D eigenvalue weighted by Crippen LogP contribution is -2.43. The number of H-pyrrole nitrogens is 1. The largest absolute Gasteiger partial charge is 0.469 e. The van der Waals surface area contributed by atoms with Gasteiger partial charge in [-0.05, 0) is 43.4 Å². The number of anilines is 1. The van der Waals surface area contributed by atoms with E-state index in [1.165, 1.54) is 11.7 Å². The van der Waals surface area contributed by atoms with Crippen LogP contribution in [0, 0.1) is 0 Å². The van der Waals surface area contributed by atoms with Gasteiger partial charge in [0.1, 0.15) is 5.52 Å². The van der Waals surface area contributed by atoms with Crippen molar-refractivity contribution >= 4 is 28.9 Å². The Labute approximate surface area is 251 Å². The van der Waals surface area contributed by atoms with E-state index in [9.17, 15) is 14.4 Å². The van der Waals surface area contributed by atoms with Crippen LogP contribution in [0.15, 0.2) is 29.1 Å². The average molecular weight is 598 g/mol. The van der Waals surface area contributed by atoms with Crippen LogP contribution in [-0.2, 0) is 38.6 Å². The second-order valence-corrected chi connectivity index (χ2v) is 10.8. The highest BCUT2D eigenvalue weighted by Gasteiger charge is 2.28. The number of nitrogen functional groups attached to an aromatic ring is 1. The number of amides is 1. The molecule has 1 amide bonds. The standard InChI is InChI=1S/C30H43N7O6/c1-4-5-16-43-29-33-27(31)26-28(34-29)37(30(40)32-26)15-7-14-36(24(38)19-35-13-6-8-23(35)20-41-2)18-22-11-9-21(10-12-22)17-25(39)42-3/h9-12,23H,4-8,13-20H2,1-3H3,(H,32,40)(H2,31,33,34)/t23-/m0/s1. The molecule has 3 N–H and O–H groups in total. The van der Waals surface area contributed by atoms with Crippen molar-refractivity contribution in [3.8, 4) is 6.01 Å². The maximum Gasteiger partial charge on any atom is 0.327 e. The van der Waals surface area contributed by atoms with Gasteiger partial charge in [0.05, 0.1) is 33.3 Å². The smallest absolute Gasteiger partial charge is 0.327 e. The molecule has 0 radical (unpaired) electrons. The van der Waals surface area contributed by atoms with E-state index in [-0.39, 0.29) is 41.9 Å². The summed E-state index contributed by atoms with van der Waals surface area (Å²) in [5.74, 6) is -0.151. The van der Waals surface area contributed by atoms with Crippen LogP contribution in [0.1, 0.15) is 50.2 Å². The fraction of sp³-hybridized carbons (Fsp3) is 0.567. The number of nitrogens with one attached hydrogen (secondary N) is 1. The van der Waals surface area contributed by atoms with Gasteiger partial charge in [-0.2, -0.15) is 9.97 Å². The van der Waals surface area contributed by atoms with Gasteiger partial charge in [0.15, 0.2) is 11.5 Å². The number of likely N-dealkylation sites (tertiary alicyclic amines) is 1. The molecule has 1 fully saturated rings. The molecular weight excluding hydrogens is 554 g/mol. The molecule has 0 spiro atoms. The molecule has 4 rings (SSSR count). The number of carbonyl (C=O) groups excluding carboxylic acids is 2. The molecule has 1 atom stereocenters. The SMILES string of the molecule is CCCCOc1nc(N)c2[nH]c(=O)n(CCCN(Cc3ccc(CC(=O)OC)cc3)C(=O)CN3CCC[C@H]3COC)c2n1. The molecule has 0 unspecified atom stereocenters. The van der Waals surface area contributed by atoms with Gasteiger partial charge in [-0.15, -0.1) is 0 Å². The summed E-state index contributed by atoms with van der Waals surface area (Å²) < 4.78 is 17.3. The average Bonchev–Trinajstić information content (AvgIpc) is 3.56. The summed E-state index contributed by atoms with van der Waals surface area (Å²) in [6, 6.07) is 7.95. The minimum absolute atomic E-state index is 0.00564. The predicted molar refractivity (Wildman–Crippen MR) is 162 cm³/mol. The Hall–Kier alpha value is -3.97. The molecule has 0 bridgehead atoms. The lowest BCUT2D eigenvalue weighted by molar-refractivity contribution is -0.139. The van der Waals surface area contributed by atoms with Crippen molar-refractivity contribution in [1.82, 2.24) is 29.3 Å². The summed E-state index contributed by atoms with van der Waals surface area (Å²) in [5.41, 5.74) is 8.27. The molecule has 3 heterocycles. The van der Waals surface area contributed by atoms with E-state index in [1.54, 1.807) is 7.11 Å². The quantitative estimate of drug-likeness (QED) is 0.185. The minimum Gasteiger partial charge on any atom is -0.469 e. The van der Waals surface area contributed by atoms with Crippen LogP contribution in [0.5, 0.6) is 6.01 Å². The topological polar surface area (TPSA) is 158 Å². The van der Waals surface area contributed by atoms with Gasteiger partial charge in [-0.1, -0.05) is 37.6 Å². The highest BCUT2D eigenvalue weighted by atomic mass is 16.5. The molecule has 0 saturated carbocycles. The van der Waals surface area contributed by atoms with Gasteiger partial charge >= 0.3 is 17.7 Å². The zero-order chi connectivity index (χ0) is 30.8. The van der Waals surface area contributed by atoms with Crippen molar-refractivity contribution < 1.29 is 23.8 Å². The number of unbranched alkanes of at least 4 members (excludes halogenated alkanes) is 1. The summed E-state index contributed by atoms with van der Waals surface area (Å²) in [6.07, 6.45) is 4.54. The Balaban J connectivity index is 1.48. The third-order valence-electron chi connectivity index (χ3n) is 7.69. The number of nitrogens with zero attached hydrogens (tertiary/aromatic N) is 5. The van der Waals surface area contributed by atoms with Crippen LogP contribution in [0.4, 0.5) is 5.82 Å². The van der Waals surface area contributed by atoms with E-state index in [4.69, 9.17) is 19.9 Å². The molecule has 1 saturated heterocycles. The first-order valence-electron chi connectivity index (χ1n) is 14.9. The third kappa shape index (κ3) is 8.54. The first kappa shape index (κ1) is 32.0. The summed E-state index contributed by atoms with van der Waals surface area (Å²) in [4.78, 5) is 53.5. The molecule has 1 aliphatic rings. The van der Waals surface area contributed by atoms with Crippen LogP contribution >= 0.6 is 0 Å². The van der Waals surface area contributed by atoms with Crippen molar-refractivity contribution in [2.45, 2.75) is 64.6 Å². The number of benzene rings is 1. The molecule has 13 heteroatoms. The molecule has 13 nitrogen and oxygen atoms in total. The van der Waals surface area contributed by atoms with E-state index in [1.807, 2.05) is 29.2 Å². The second-order valence-electron chi connectivity index (χ2n) is 10.8. The van der Waals surface area contributed by atoms with Gasteiger partial charge in [-0.25, -0.2) is 4.79 Å². The minimum atomic E-state index is -0.347. The fourth-order valence-electron chi connectivity index (χ4n) is 5.30. The van der Waals surface area contributed by atoms with Crippen molar-refractivity contribution in [3.05, 3.63) is 45.9 Å². The molecular formula is C30H43N7O6. The van der Waals surface area contributed by atoms with Gasteiger partial charge in [-0.3, -0.25) is 19.1 Å². The Kier molecular flexibility index (Phi) is 11.5. The highest BCUT2D eigenvalue weighted by Crippen LogP contribution is 2.20. The summed E-state index contributed by atoms with van der Waals surface area (Å²) in [5, 5.41) is 0. The summed E-state index contributed by atoms with van der Waals surface area (Å²) in [6.45, 7) is 5.39. The normalized spacial score (nSPS) is 15.2. The maximum absolute atomic E-state index is 13.6. The molecule has 2 aromatic heterocycles. The molecule has 3 aromatic rings. The molecule has 43 heavy (non-hydrogen) atoms. The van der Waals surface area contributed by atoms with Crippen molar-refractivity contribution in [2.75, 3.05) is 52.8 Å². The number of carbonyl (C=O) groups is 2. The van der Waals surface area contributed by atoms with Crippen LogP contribution in [0.2, 0.25) is 0 Å². The summed E-state index contributed by atoms with van der Waals surface area (Å²) in [7, 11) is 3.05. The number of aryl methyl sites for hydroxylation is 1. The van der Waals surface area contributed by atoms with Gasteiger partial charge in [0, 0.05) is 32.8 Å². The number of fused-ring (bicyclic) bond motifs is 1. The lowest BCUT2D eigenvalue weighted by Gasteiger charge is -2.28. The monoisotopic (exact) mass is 597 g/mol. The van der Waals surface area contributed by atoms with Crippen LogP contribution < -0.4 is 16.2 Å². The fourth-order valence-corrected chi connectivity index (χ4v) is 5.30. The first-order valence-corrected chi connectivity index (χ1v) is 14.9. The van der Waals surface area contributed by atoms with Crippen LogP contribution in [0.25, 0.3) is 11.2 Å². The van der Waals surface area contributed by atoms with Crippen LogP contribution in [0.3, 0.4) is 0 Å². The highest BCUT2D eigenvalue weighted by molar-refractivity contribution is 5.82. The number of aromatic nitrogens is 4. The number of imidazole rings is 1. The second kappa shape index (κ2) is 15.5. The molecule has 1 aliphatic heterocycles. The Morgan fingerprint density at radius 3 is 2.63 bits per heavy atom. The predicted octanol–water partition coefficient (Wildman–Crippen LogP) is 2.13. The zero-order valence-corrected chi connectivity index (χ0v) is 25.3. The first-order chi connectivity index (χ1) is 20.8. The number of hydrogen-bond donors (Lipinski definition) is 2. The maximum atomic E-state index is 13.6. The molecule has 234 valence electrons. The van der Waals surface area contributed by atoms with Crippen molar-refractivity contribution in [2.24, 2.45) is 0 Å². The number of methoxy groups -OCH3 is 2. The van der Waals surface area contributed by atoms with E-state index in [2.05, 4.69) is 26.8 Å². The van der Waals surface area contributed by atoms with E-state index in [0.717, 1.165) is 43.4 Å². The van der Waals surface area contributed by atoms with Gasteiger partial charge in [0.2, 0.25) is 5.91 Å². The van der Waals surface area contributed by atoms with E-state index >= 15 is 0 Å². The van der Waals surface area contributed by atoms with Gasteiger partial charge in [0.25, 0.3) is 0 Å². The summed E-state index contributed by atoms with van der Waals surface area (Å²) >= 11 is 0. The number of esters is 1. The molecule has 1 aromatic carbocycles. The number of aromatic amines is 1. The van der Waals surface area contributed by atoms with Gasteiger partial charge < -0.3 is 29.8 Å². The number of nitrogens with two attached hydrogens (primary N) is 1. The Morgan fingerprint density at radius 2 is 1.91 bits per heavy atom. The molecule has 0 aliphatic carbocycles. The van der Waals surface area contributed by atoms with Crippen LogP contribution in [-0.4, -0.2) is 94.3 Å². The Bertz CT molecular complexity index is 1420. The number of rotatable bonds is 16. The van der Waals surface area contributed by atoms with E-state index < -0.39 is 0 Å². The van der Waals surface area contributed by atoms with Crippen molar-refractivity contribution in [1.29, 1.82) is 0 Å². The third-order valence-corrected chi connectivity index (χ3v) is 7.69. The van der Waals surface area contributed by atoms with Crippen molar-refractivity contribution in [3.63, 3.8) is 0 Å². The lowest BCUT2D eigenvalue weighted by atomic mass is 10.1.